The molecule has 96 valence electrons. The molecule has 0 spiro atoms. The van der Waals surface area contributed by atoms with E-state index in [4.69, 9.17) is 0 Å². The van der Waals surface area contributed by atoms with Crippen molar-refractivity contribution in [1.82, 2.24) is 20.0 Å². The summed E-state index contributed by atoms with van der Waals surface area (Å²) in [5.74, 6) is 0. The molecule has 0 aliphatic rings. The van der Waals surface area contributed by atoms with Crippen LogP contribution in [0.1, 0.15) is 11.4 Å². The lowest BCUT2D eigenvalue weighted by Gasteiger charge is -2.06. The summed E-state index contributed by atoms with van der Waals surface area (Å²) in [7, 11) is 1.77. The smallest absolute Gasteiger partial charge is 0.377 e. The summed E-state index contributed by atoms with van der Waals surface area (Å²) in [6.07, 6.45) is -1.10. The molecule has 0 aromatic carbocycles. The number of aryl methyl sites for hydroxylation is 1. The number of nitrogens with zero attached hydrogens (tertiary/aromatic N) is 4. The van der Waals surface area contributed by atoms with Gasteiger partial charge < -0.3 is 5.32 Å². The largest absolute Gasteiger partial charge is 0.435 e. The molecule has 1 N–H and O–H groups in total. The molecule has 5 nitrogen and oxygen atoms in total. The van der Waals surface area contributed by atoms with Crippen molar-refractivity contribution in [3.63, 3.8) is 0 Å². The first kappa shape index (κ1) is 12.3. The van der Waals surface area contributed by atoms with Gasteiger partial charge in [-0.25, -0.2) is 0 Å². The molecule has 2 aromatic heterocycles. The van der Waals surface area contributed by atoms with Crippen molar-refractivity contribution >= 4 is 5.69 Å². The van der Waals surface area contributed by atoms with Crippen LogP contribution in [-0.4, -0.2) is 20.0 Å². The van der Waals surface area contributed by atoms with Gasteiger partial charge in [-0.05, 0) is 12.1 Å². The average molecular weight is 257 g/mol. The number of nitrogens with one attached hydrogen (secondary N) is 1. The Bertz CT molecular complexity index is 517. The van der Waals surface area contributed by atoms with Gasteiger partial charge in [-0.15, -0.1) is 5.10 Å². The van der Waals surface area contributed by atoms with Crippen molar-refractivity contribution in [2.45, 2.75) is 12.7 Å². The third-order valence-electron chi connectivity index (χ3n) is 2.19. The van der Waals surface area contributed by atoms with Gasteiger partial charge in [0.2, 0.25) is 0 Å². The second kappa shape index (κ2) is 4.63. The van der Waals surface area contributed by atoms with E-state index in [2.05, 4.69) is 20.6 Å². The maximum atomic E-state index is 12.2. The van der Waals surface area contributed by atoms with Crippen molar-refractivity contribution in [1.29, 1.82) is 0 Å². The predicted molar refractivity (Wildman–Crippen MR) is 57.6 cm³/mol. The molecular weight excluding hydrogens is 247 g/mol. The number of anilines is 1. The van der Waals surface area contributed by atoms with Crippen LogP contribution in [0.3, 0.4) is 0 Å². The third kappa shape index (κ3) is 2.96. The summed E-state index contributed by atoms with van der Waals surface area (Å²) < 4.78 is 38.3. The number of hydrogen-bond acceptors (Lipinski definition) is 4. The lowest BCUT2D eigenvalue weighted by atomic mass is 10.3. The average Bonchev–Trinajstić information content (AvgIpc) is 2.72. The van der Waals surface area contributed by atoms with Gasteiger partial charge in [0.15, 0.2) is 5.69 Å². The van der Waals surface area contributed by atoms with Crippen LogP contribution in [0.15, 0.2) is 24.5 Å². The van der Waals surface area contributed by atoms with Gasteiger partial charge >= 0.3 is 6.18 Å². The quantitative estimate of drug-likeness (QED) is 0.911. The monoisotopic (exact) mass is 257 g/mol. The van der Waals surface area contributed by atoms with Gasteiger partial charge in [-0.3, -0.25) is 4.68 Å². The van der Waals surface area contributed by atoms with Gasteiger partial charge in [-0.2, -0.15) is 23.4 Å². The van der Waals surface area contributed by atoms with E-state index in [0.717, 1.165) is 11.8 Å². The number of aromatic nitrogens is 4. The van der Waals surface area contributed by atoms with Crippen molar-refractivity contribution in [2.24, 2.45) is 7.05 Å². The van der Waals surface area contributed by atoms with Gasteiger partial charge in [0.25, 0.3) is 0 Å². The molecule has 0 bridgehead atoms. The standard InChI is InChI=1S/C10H10F3N5/c1-18-6-8(5-15-18)14-4-7-2-3-9(17-16-7)10(11,12)13/h2-3,5-6,14H,4H2,1H3. The van der Waals surface area contributed by atoms with Crippen LogP contribution in [0.5, 0.6) is 0 Å². The summed E-state index contributed by atoms with van der Waals surface area (Å²) in [5.41, 5.74) is 0.193. The number of halogens is 3. The minimum Gasteiger partial charge on any atom is -0.377 e. The molecule has 2 aromatic rings. The van der Waals surface area contributed by atoms with Crippen LogP contribution in [0.25, 0.3) is 0 Å². The lowest BCUT2D eigenvalue weighted by molar-refractivity contribution is -0.141. The highest BCUT2D eigenvalue weighted by molar-refractivity contribution is 5.38. The maximum absolute atomic E-state index is 12.2. The van der Waals surface area contributed by atoms with E-state index in [9.17, 15) is 13.2 Å². The zero-order valence-electron chi connectivity index (χ0n) is 9.44. The van der Waals surface area contributed by atoms with Crippen molar-refractivity contribution < 1.29 is 13.2 Å². The van der Waals surface area contributed by atoms with Crippen LogP contribution in [-0.2, 0) is 19.8 Å². The van der Waals surface area contributed by atoms with Crippen LogP contribution in [0.2, 0.25) is 0 Å². The molecule has 0 unspecified atom stereocenters. The highest BCUT2D eigenvalue weighted by atomic mass is 19.4. The highest BCUT2D eigenvalue weighted by Gasteiger charge is 2.32. The number of rotatable bonds is 3. The molecule has 2 heterocycles. The summed E-state index contributed by atoms with van der Waals surface area (Å²) in [6.45, 7) is 0.289. The first-order valence-corrected chi connectivity index (χ1v) is 5.07. The molecule has 0 saturated carbocycles. The predicted octanol–water partition coefficient (Wildman–Crippen LogP) is 1.84. The molecule has 0 amide bonds. The van der Waals surface area contributed by atoms with E-state index < -0.39 is 11.9 Å². The summed E-state index contributed by atoms with van der Waals surface area (Å²) in [5, 5.41) is 13.6. The fourth-order valence-corrected chi connectivity index (χ4v) is 1.31. The summed E-state index contributed by atoms with van der Waals surface area (Å²) >= 11 is 0. The molecule has 0 fully saturated rings. The van der Waals surface area contributed by atoms with E-state index in [1.807, 2.05) is 0 Å². The Kier molecular flexibility index (Phi) is 3.17. The third-order valence-corrected chi connectivity index (χ3v) is 2.19. The molecule has 0 aliphatic carbocycles. The highest BCUT2D eigenvalue weighted by Crippen LogP contribution is 2.26. The summed E-state index contributed by atoms with van der Waals surface area (Å²) in [4.78, 5) is 0. The topological polar surface area (TPSA) is 55.6 Å². The molecule has 0 saturated heterocycles. The summed E-state index contributed by atoms with van der Waals surface area (Å²) in [6, 6.07) is 2.20. The molecule has 0 aliphatic heterocycles. The Labute approximate surface area is 101 Å². The normalized spacial score (nSPS) is 11.6. The van der Waals surface area contributed by atoms with E-state index >= 15 is 0 Å². The van der Waals surface area contributed by atoms with E-state index in [1.54, 1.807) is 24.1 Å². The zero-order valence-corrected chi connectivity index (χ0v) is 9.44. The second-order valence-electron chi connectivity index (χ2n) is 3.66. The maximum Gasteiger partial charge on any atom is 0.435 e. The Hall–Kier alpha value is -2.12. The fourth-order valence-electron chi connectivity index (χ4n) is 1.31. The van der Waals surface area contributed by atoms with Gasteiger partial charge in [-0.1, -0.05) is 0 Å². The van der Waals surface area contributed by atoms with E-state index in [-0.39, 0.29) is 6.54 Å². The van der Waals surface area contributed by atoms with Crippen LogP contribution >= 0.6 is 0 Å². The van der Waals surface area contributed by atoms with E-state index in [1.165, 1.54) is 6.07 Å². The SMILES string of the molecule is Cn1cc(NCc2ccc(C(F)(F)F)nn2)cn1. The second-order valence-corrected chi connectivity index (χ2v) is 3.66. The molecule has 8 heteroatoms. The number of alkyl halides is 3. The Balaban J connectivity index is 1.98. The Morgan fingerprint density at radius 2 is 2.06 bits per heavy atom. The van der Waals surface area contributed by atoms with Crippen LogP contribution < -0.4 is 5.32 Å². The molecule has 18 heavy (non-hydrogen) atoms. The minimum absolute atomic E-state index is 0.289. The van der Waals surface area contributed by atoms with Gasteiger partial charge in [0, 0.05) is 13.2 Å². The van der Waals surface area contributed by atoms with Crippen molar-refractivity contribution in [3.8, 4) is 0 Å². The first-order chi connectivity index (χ1) is 8.45. The lowest BCUT2D eigenvalue weighted by Crippen LogP contribution is -2.11. The first-order valence-electron chi connectivity index (χ1n) is 5.07. The van der Waals surface area contributed by atoms with Gasteiger partial charge in [0.1, 0.15) is 0 Å². The minimum atomic E-state index is -4.46. The fraction of sp³-hybridized carbons (Fsp3) is 0.300. The van der Waals surface area contributed by atoms with Gasteiger partial charge in [0.05, 0.1) is 24.1 Å². The number of hydrogen-bond donors (Lipinski definition) is 1. The van der Waals surface area contributed by atoms with E-state index in [0.29, 0.717) is 5.69 Å². The Morgan fingerprint density at radius 3 is 2.56 bits per heavy atom. The van der Waals surface area contributed by atoms with Crippen LogP contribution in [0, 0.1) is 0 Å². The van der Waals surface area contributed by atoms with Crippen molar-refractivity contribution in [2.75, 3.05) is 5.32 Å². The molecule has 0 atom stereocenters. The zero-order chi connectivity index (χ0) is 13.2. The van der Waals surface area contributed by atoms with Crippen LogP contribution in [0.4, 0.5) is 18.9 Å². The molecule has 0 radical (unpaired) electrons. The Morgan fingerprint density at radius 1 is 1.28 bits per heavy atom. The molecule has 2 rings (SSSR count). The van der Waals surface area contributed by atoms with Crippen molar-refractivity contribution in [3.05, 3.63) is 35.9 Å². The molecular formula is C10H10F3N5.